The van der Waals surface area contributed by atoms with Gasteiger partial charge in [0.1, 0.15) is 23.0 Å². The first-order valence-electron chi connectivity index (χ1n) is 19.3. The number of hydrogen-bond acceptors (Lipinski definition) is 6. The number of urea groups is 2. The molecule has 59 heavy (non-hydrogen) atoms. The molecule has 0 unspecified atom stereocenters. The number of carbonyl (C=O) groups is 4. The van der Waals surface area contributed by atoms with E-state index in [1.807, 2.05) is 58.0 Å². The minimum absolute atomic E-state index is 0.178. The Morgan fingerprint density at radius 1 is 0.729 bits per heavy atom. The van der Waals surface area contributed by atoms with Crippen LogP contribution in [-0.2, 0) is 31.7 Å². The first-order chi connectivity index (χ1) is 28.3. The van der Waals surface area contributed by atoms with E-state index in [0.29, 0.717) is 73.0 Å². The van der Waals surface area contributed by atoms with Crippen molar-refractivity contribution in [2.45, 2.75) is 65.8 Å². The van der Waals surface area contributed by atoms with Gasteiger partial charge < -0.3 is 31.9 Å². The molecule has 3 aromatic carbocycles. The van der Waals surface area contributed by atoms with Gasteiger partial charge in [-0.3, -0.25) is 19.0 Å². The molecule has 0 saturated heterocycles. The summed E-state index contributed by atoms with van der Waals surface area (Å²) in [5, 5.41) is 14.8. The van der Waals surface area contributed by atoms with Crippen LogP contribution in [0.15, 0.2) is 91.5 Å². The van der Waals surface area contributed by atoms with Gasteiger partial charge in [-0.25, -0.2) is 18.4 Å². The zero-order valence-corrected chi connectivity index (χ0v) is 33.7. The second-order valence-electron chi connectivity index (χ2n) is 14.1. The highest BCUT2D eigenvalue weighted by Gasteiger charge is 2.33. The number of hydrogen-bond donors (Lipinski definition) is 4. The van der Waals surface area contributed by atoms with Crippen molar-refractivity contribution in [1.29, 1.82) is 0 Å². The lowest BCUT2D eigenvalue weighted by molar-refractivity contribution is 0.0989. The molecule has 0 aliphatic carbocycles. The number of halogens is 2. The minimum Gasteiger partial charge on any atom is -0.365 e. The molecule has 310 valence electrons. The molecule has 14 nitrogen and oxygen atoms in total. The highest BCUT2D eigenvalue weighted by Crippen LogP contribution is 2.30. The van der Waals surface area contributed by atoms with Crippen LogP contribution in [0.25, 0.3) is 22.5 Å². The van der Waals surface area contributed by atoms with Gasteiger partial charge >= 0.3 is 12.1 Å². The summed E-state index contributed by atoms with van der Waals surface area (Å²) in [7, 11) is 0. The molecule has 7 rings (SSSR count). The molecule has 0 spiro atoms. The second-order valence-corrected chi connectivity index (χ2v) is 14.1. The van der Waals surface area contributed by atoms with E-state index < -0.39 is 29.0 Å². The monoisotopic (exact) mass is 808 g/mol. The van der Waals surface area contributed by atoms with Crippen molar-refractivity contribution in [3.63, 3.8) is 0 Å². The molecule has 4 heterocycles. The molecule has 0 saturated carbocycles. The summed E-state index contributed by atoms with van der Waals surface area (Å²) in [4.78, 5) is 52.8. The van der Waals surface area contributed by atoms with E-state index in [1.54, 1.807) is 49.5 Å². The number of nitrogens with two attached hydrogens (primary N) is 2. The maximum Gasteiger partial charge on any atom is 0.318 e. The van der Waals surface area contributed by atoms with Gasteiger partial charge in [-0.1, -0.05) is 74.5 Å². The molecule has 0 fully saturated rings. The fourth-order valence-electron chi connectivity index (χ4n) is 6.84. The summed E-state index contributed by atoms with van der Waals surface area (Å²) in [5.41, 5.74) is 14.8. The van der Waals surface area contributed by atoms with Crippen molar-refractivity contribution in [3.05, 3.63) is 131 Å². The lowest BCUT2D eigenvalue weighted by Gasteiger charge is -2.33. The molecule has 2 aromatic heterocycles. The zero-order chi connectivity index (χ0) is 42.9. The summed E-state index contributed by atoms with van der Waals surface area (Å²) >= 11 is 0. The largest absolute Gasteiger partial charge is 0.365 e. The van der Waals surface area contributed by atoms with Gasteiger partial charge in [0.05, 0.1) is 54.2 Å². The van der Waals surface area contributed by atoms with E-state index >= 15 is 0 Å². The maximum atomic E-state index is 13.7. The Kier molecular flexibility index (Phi) is 14.0. The number of benzene rings is 3. The third-order valence-corrected chi connectivity index (χ3v) is 9.76. The lowest BCUT2D eigenvalue weighted by atomic mass is 9.94. The molecule has 2 aliphatic heterocycles. The number of aromatic nitrogens is 4. The van der Waals surface area contributed by atoms with Crippen molar-refractivity contribution < 1.29 is 28.0 Å². The fraction of sp³-hybridized carbons (Fsp3) is 0.302. The molecule has 2 aliphatic rings. The quantitative estimate of drug-likeness (QED) is 0.102. The highest BCUT2D eigenvalue weighted by molar-refractivity contribution is 6.01. The Morgan fingerprint density at radius 2 is 1.20 bits per heavy atom. The number of carbonyl (C=O) groups excluding carboxylic acids is 4. The predicted molar refractivity (Wildman–Crippen MR) is 221 cm³/mol. The fourth-order valence-corrected chi connectivity index (χ4v) is 6.84. The van der Waals surface area contributed by atoms with Crippen LogP contribution in [0, 0.1) is 11.6 Å². The standard InChI is InChI=1S/C23H24FN5O2.C18H20FN5O2.C2H6/c1-23(2,16-8-4-3-5-9-16)26-22(31)28-11-12-29-18(14-28)19(21(25)30)20(27-29)15-7-6-10-17(24)13-15;1-2-3-7-21-18(26)23-8-9-24-14(11-23)15(17(20)25)16(22-24)12-5-4-6-13(19)10-12;1-2/h3-10,13H,11-12,14H2,1-2H3,(H2,25,30)(H,26,31);2,4-6,10H,1,3,7-9,11H2,(H2,20,25)(H,21,26);1-2H3. The van der Waals surface area contributed by atoms with Crippen LogP contribution in [0.1, 0.15) is 71.8 Å². The van der Waals surface area contributed by atoms with Crippen molar-refractivity contribution in [2.24, 2.45) is 11.5 Å². The van der Waals surface area contributed by atoms with Crippen LogP contribution in [0.2, 0.25) is 0 Å². The Bertz CT molecular complexity index is 2320. The Balaban J connectivity index is 0.000000218. The number of amides is 6. The van der Waals surface area contributed by atoms with E-state index in [2.05, 4.69) is 27.4 Å². The second kappa shape index (κ2) is 19.1. The molecular weight excluding hydrogens is 759 g/mol. The summed E-state index contributed by atoms with van der Waals surface area (Å²) in [6.45, 7) is 14.1. The van der Waals surface area contributed by atoms with Gasteiger partial charge in [0, 0.05) is 30.8 Å². The third-order valence-electron chi connectivity index (χ3n) is 9.76. The molecule has 6 amide bonds. The summed E-state index contributed by atoms with van der Waals surface area (Å²) < 4.78 is 30.6. The summed E-state index contributed by atoms with van der Waals surface area (Å²) in [5.74, 6) is -2.16. The number of nitrogens with zero attached hydrogens (tertiary/aromatic N) is 6. The average Bonchev–Trinajstić information content (AvgIpc) is 3.81. The molecular formula is C43H50F2N10O4. The normalized spacial score (nSPS) is 13.1. The minimum atomic E-state index is -0.660. The molecule has 0 radical (unpaired) electrons. The van der Waals surface area contributed by atoms with Crippen LogP contribution in [0.4, 0.5) is 18.4 Å². The van der Waals surface area contributed by atoms with E-state index in [4.69, 9.17) is 11.5 Å². The summed E-state index contributed by atoms with van der Waals surface area (Å²) in [6.07, 6.45) is 2.40. The number of nitrogens with one attached hydrogen (secondary N) is 2. The highest BCUT2D eigenvalue weighted by atomic mass is 19.1. The Morgan fingerprint density at radius 3 is 1.64 bits per heavy atom. The Labute approximate surface area is 341 Å². The predicted octanol–water partition coefficient (Wildman–Crippen LogP) is 6.16. The van der Waals surface area contributed by atoms with E-state index in [9.17, 15) is 28.0 Å². The molecule has 0 atom stereocenters. The third kappa shape index (κ3) is 10.0. The van der Waals surface area contributed by atoms with Crippen molar-refractivity contribution in [1.82, 2.24) is 40.0 Å². The molecule has 16 heteroatoms. The van der Waals surface area contributed by atoms with Crippen LogP contribution in [0.3, 0.4) is 0 Å². The van der Waals surface area contributed by atoms with Crippen molar-refractivity contribution in [2.75, 3.05) is 19.6 Å². The van der Waals surface area contributed by atoms with Crippen molar-refractivity contribution in [3.8, 4) is 22.5 Å². The van der Waals surface area contributed by atoms with E-state index in [1.165, 1.54) is 24.3 Å². The van der Waals surface area contributed by atoms with Gasteiger partial charge in [0.15, 0.2) is 0 Å². The van der Waals surface area contributed by atoms with Gasteiger partial charge in [-0.2, -0.15) is 10.2 Å². The average molecular weight is 809 g/mol. The van der Waals surface area contributed by atoms with Crippen LogP contribution >= 0.6 is 0 Å². The maximum absolute atomic E-state index is 13.7. The smallest absolute Gasteiger partial charge is 0.318 e. The first-order valence-corrected chi connectivity index (χ1v) is 19.3. The first kappa shape index (κ1) is 43.3. The van der Waals surface area contributed by atoms with Gasteiger partial charge in [0.2, 0.25) is 0 Å². The van der Waals surface area contributed by atoms with E-state index in [0.717, 1.165) is 5.56 Å². The SMILES string of the molecule is C=CCCNC(=O)N1CCn2nc(-c3cccc(F)c3)c(C(N)=O)c2C1.CC.CC(C)(NC(=O)N1CCn2nc(-c3cccc(F)c3)c(C(N)=O)c2C1)c1ccccc1. The lowest BCUT2D eigenvalue weighted by Crippen LogP contribution is -2.50. The van der Waals surface area contributed by atoms with Crippen LogP contribution < -0.4 is 22.1 Å². The molecule has 6 N–H and O–H groups in total. The number of fused-ring (bicyclic) bond motifs is 2. The number of rotatable bonds is 9. The van der Waals surface area contributed by atoms with Gasteiger partial charge in [-0.15, -0.1) is 6.58 Å². The molecule has 5 aromatic rings. The summed E-state index contributed by atoms with van der Waals surface area (Å²) in [6, 6.07) is 20.9. The zero-order valence-electron chi connectivity index (χ0n) is 33.7. The van der Waals surface area contributed by atoms with Crippen LogP contribution in [-0.4, -0.2) is 72.9 Å². The topological polar surface area (TPSA) is 186 Å². The Hall–Kier alpha value is -6.84. The number of primary amides is 2. The van der Waals surface area contributed by atoms with Crippen molar-refractivity contribution >= 4 is 23.9 Å². The van der Waals surface area contributed by atoms with Gasteiger partial charge in [0.25, 0.3) is 11.8 Å². The van der Waals surface area contributed by atoms with Crippen LogP contribution in [0.5, 0.6) is 0 Å². The molecule has 0 bridgehead atoms. The van der Waals surface area contributed by atoms with Gasteiger partial charge in [-0.05, 0) is 50.1 Å². The van der Waals surface area contributed by atoms with E-state index in [-0.39, 0.29) is 36.3 Å².